The van der Waals surface area contributed by atoms with Gasteiger partial charge in [0.25, 0.3) is 0 Å². The summed E-state index contributed by atoms with van der Waals surface area (Å²) >= 11 is 0. The zero-order valence-corrected chi connectivity index (χ0v) is 8.02. The number of alkyl halides is 1. The minimum absolute atomic E-state index is 0.154. The number of halogens is 1. The van der Waals surface area contributed by atoms with Gasteiger partial charge in [-0.05, 0) is 45.8 Å². The Kier molecular flexibility index (Phi) is 3.07. The van der Waals surface area contributed by atoms with E-state index in [0.29, 0.717) is 0 Å². The molecule has 1 saturated heterocycles. The Bertz CT molecular complexity index is 139. The van der Waals surface area contributed by atoms with E-state index in [-0.39, 0.29) is 12.5 Å². The van der Waals surface area contributed by atoms with Crippen LogP contribution in [0.25, 0.3) is 0 Å². The van der Waals surface area contributed by atoms with Crippen LogP contribution in [0.4, 0.5) is 4.39 Å². The minimum Gasteiger partial charge on any atom is -0.328 e. The van der Waals surface area contributed by atoms with Crippen LogP contribution in [-0.2, 0) is 0 Å². The van der Waals surface area contributed by atoms with E-state index in [2.05, 4.69) is 11.9 Å². The lowest BCUT2D eigenvalue weighted by atomic mass is 9.83. The number of likely N-dealkylation sites (tertiary alicyclic amines) is 1. The summed E-state index contributed by atoms with van der Waals surface area (Å²) in [7, 11) is 2.08. The molecule has 0 aliphatic carbocycles. The van der Waals surface area contributed by atoms with Crippen molar-refractivity contribution in [1.29, 1.82) is 0 Å². The molecule has 0 aromatic heterocycles. The molecule has 0 aromatic carbocycles. The van der Waals surface area contributed by atoms with Crippen molar-refractivity contribution in [2.75, 3.05) is 26.7 Å². The lowest BCUT2D eigenvalue weighted by Gasteiger charge is -2.35. The smallest absolute Gasteiger partial charge is 0.123 e. The van der Waals surface area contributed by atoms with E-state index in [1.165, 1.54) is 0 Å². The standard InChI is InChI=1S/C9H19FN2/c1-9(10,7-11)8-3-5-12(2)6-4-8/h8H,3-7,11H2,1-2H3. The molecule has 0 radical (unpaired) electrons. The molecule has 3 heteroatoms. The number of nitrogens with two attached hydrogens (primary N) is 1. The van der Waals surface area contributed by atoms with Gasteiger partial charge in [-0.1, -0.05) is 0 Å². The van der Waals surface area contributed by atoms with Gasteiger partial charge in [0, 0.05) is 6.54 Å². The van der Waals surface area contributed by atoms with Crippen molar-refractivity contribution >= 4 is 0 Å². The maximum atomic E-state index is 13.7. The van der Waals surface area contributed by atoms with Crippen molar-refractivity contribution in [3.63, 3.8) is 0 Å². The van der Waals surface area contributed by atoms with Crippen molar-refractivity contribution < 1.29 is 4.39 Å². The maximum Gasteiger partial charge on any atom is 0.123 e. The average molecular weight is 174 g/mol. The van der Waals surface area contributed by atoms with Gasteiger partial charge in [-0.25, -0.2) is 4.39 Å². The highest BCUT2D eigenvalue weighted by Gasteiger charge is 2.34. The highest BCUT2D eigenvalue weighted by molar-refractivity contribution is 4.86. The second-order valence-electron chi connectivity index (χ2n) is 4.06. The third-order valence-corrected chi connectivity index (χ3v) is 2.97. The highest BCUT2D eigenvalue weighted by atomic mass is 19.1. The van der Waals surface area contributed by atoms with Gasteiger partial charge >= 0.3 is 0 Å². The van der Waals surface area contributed by atoms with Crippen LogP contribution in [-0.4, -0.2) is 37.3 Å². The van der Waals surface area contributed by atoms with E-state index in [0.717, 1.165) is 25.9 Å². The zero-order valence-electron chi connectivity index (χ0n) is 8.02. The molecular formula is C9H19FN2. The molecule has 0 amide bonds. The Labute approximate surface area is 73.9 Å². The maximum absolute atomic E-state index is 13.7. The van der Waals surface area contributed by atoms with Gasteiger partial charge in [-0.15, -0.1) is 0 Å². The Morgan fingerprint density at radius 2 is 2.00 bits per heavy atom. The fraction of sp³-hybridized carbons (Fsp3) is 1.00. The largest absolute Gasteiger partial charge is 0.328 e. The fourth-order valence-corrected chi connectivity index (χ4v) is 1.78. The molecule has 1 aliphatic rings. The first kappa shape index (κ1) is 9.93. The fourth-order valence-electron chi connectivity index (χ4n) is 1.78. The van der Waals surface area contributed by atoms with E-state index in [4.69, 9.17) is 5.73 Å². The molecule has 1 aliphatic heterocycles. The predicted molar refractivity (Wildman–Crippen MR) is 48.8 cm³/mol. The van der Waals surface area contributed by atoms with Crippen molar-refractivity contribution in [2.24, 2.45) is 11.7 Å². The second kappa shape index (κ2) is 3.71. The van der Waals surface area contributed by atoms with Gasteiger partial charge in [-0.2, -0.15) is 0 Å². The van der Waals surface area contributed by atoms with E-state index < -0.39 is 5.67 Å². The first-order valence-electron chi connectivity index (χ1n) is 4.64. The Balaban J connectivity index is 2.44. The summed E-state index contributed by atoms with van der Waals surface area (Å²) in [6, 6.07) is 0. The van der Waals surface area contributed by atoms with Gasteiger partial charge in [0.2, 0.25) is 0 Å². The molecule has 2 nitrogen and oxygen atoms in total. The zero-order chi connectivity index (χ0) is 9.19. The Morgan fingerprint density at radius 1 is 1.50 bits per heavy atom. The number of hydrogen-bond donors (Lipinski definition) is 1. The molecule has 0 spiro atoms. The molecule has 0 saturated carbocycles. The summed E-state index contributed by atoms with van der Waals surface area (Å²) < 4.78 is 13.7. The van der Waals surface area contributed by atoms with Gasteiger partial charge in [-0.3, -0.25) is 0 Å². The first-order chi connectivity index (χ1) is 5.56. The minimum atomic E-state index is -1.15. The van der Waals surface area contributed by atoms with Gasteiger partial charge in [0.1, 0.15) is 5.67 Å². The lowest BCUT2D eigenvalue weighted by Crippen LogP contribution is -2.43. The Morgan fingerprint density at radius 3 is 2.42 bits per heavy atom. The van der Waals surface area contributed by atoms with E-state index >= 15 is 0 Å². The van der Waals surface area contributed by atoms with E-state index in [1.54, 1.807) is 6.92 Å². The molecule has 0 aromatic rings. The van der Waals surface area contributed by atoms with Crippen LogP contribution < -0.4 is 5.73 Å². The van der Waals surface area contributed by atoms with Crippen LogP contribution in [0.1, 0.15) is 19.8 Å². The van der Waals surface area contributed by atoms with Crippen LogP contribution in [0.5, 0.6) is 0 Å². The molecule has 1 atom stereocenters. The second-order valence-corrected chi connectivity index (χ2v) is 4.06. The molecule has 72 valence electrons. The summed E-state index contributed by atoms with van der Waals surface area (Å²) in [5.74, 6) is 0.165. The number of hydrogen-bond acceptors (Lipinski definition) is 2. The van der Waals surface area contributed by atoms with Crippen LogP contribution in [0.2, 0.25) is 0 Å². The van der Waals surface area contributed by atoms with E-state index in [1.807, 2.05) is 0 Å². The number of rotatable bonds is 2. The summed E-state index contributed by atoms with van der Waals surface area (Å²) in [6.45, 7) is 3.79. The Hall–Kier alpha value is -0.150. The number of nitrogens with zero attached hydrogens (tertiary/aromatic N) is 1. The van der Waals surface area contributed by atoms with Crippen LogP contribution in [0.15, 0.2) is 0 Å². The van der Waals surface area contributed by atoms with Gasteiger partial charge in [0.05, 0.1) is 0 Å². The molecule has 12 heavy (non-hydrogen) atoms. The molecular weight excluding hydrogens is 155 g/mol. The quantitative estimate of drug-likeness (QED) is 0.677. The third kappa shape index (κ3) is 2.17. The topological polar surface area (TPSA) is 29.3 Å². The molecule has 1 rings (SSSR count). The molecule has 1 fully saturated rings. The summed E-state index contributed by atoms with van der Waals surface area (Å²) in [6.07, 6.45) is 1.89. The summed E-state index contributed by atoms with van der Waals surface area (Å²) in [5, 5.41) is 0. The van der Waals surface area contributed by atoms with Gasteiger partial charge < -0.3 is 10.6 Å². The number of piperidine rings is 1. The molecule has 0 bridgehead atoms. The predicted octanol–water partition coefficient (Wildman–Crippen LogP) is 1.02. The first-order valence-corrected chi connectivity index (χ1v) is 4.64. The van der Waals surface area contributed by atoms with Gasteiger partial charge in [0.15, 0.2) is 0 Å². The molecule has 1 unspecified atom stereocenters. The van der Waals surface area contributed by atoms with Crippen molar-refractivity contribution in [3.8, 4) is 0 Å². The van der Waals surface area contributed by atoms with Crippen LogP contribution in [0, 0.1) is 5.92 Å². The van der Waals surface area contributed by atoms with E-state index in [9.17, 15) is 4.39 Å². The van der Waals surface area contributed by atoms with Crippen molar-refractivity contribution in [2.45, 2.75) is 25.4 Å². The summed E-state index contributed by atoms with van der Waals surface area (Å²) in [5.41, 5.74) is 4.23. The van der Waals surface area contributed by atoms with Crippen molar-refractivity contribution in [1.82, 2.24) is 4.90 Å². The molecule has 1 heterocycles. The SMILES string of the molecule is CN1CCC(C(C)(F)CN)CC1. The summed E-state index contributed by atoms with van der Waals surface area (Å²) in [4.78, 5) is 2.24. The van der Waals surface area contributed by atoms with Crippen LogP contribution >= 0.6 is 0 Å². The highest BCUT2D eigenvalue weighted by Crippen LogP contribution is 2.29. The lowest BCUT2D eigenvalue weighted by molar-refractivity contribution is 0.0621. The monoisotopic (exact) mass is 174 g/mol. The van der Waals surface area contributed by atoms with Crippen LogP contribution in [0.3, 0.4) is 0 Å². The molecule has 2 N–H and O–H groups in total. The van der Waals surface area contributed by atoms with Crippen molar-refractivity contribution in [3.05, 3.63) is 0 Å². The average Bonchev–Trinajstić information content (AvgIpc) is 2.05. The normalized spacial score (nSPS) is 27.0. The third-order valence-electron chi connectivity index (χ3n) is 2.97.